The molecule has 1 spiro atoms. The van der Waals surface area contributed by atoms with E-state index in [4.69, 9.17) is 14.2 Å². The van der Waals surface area contributed by atoms with Crippen molar-refractivity contribution in [1.29, 1.82) is 5.26 Å². The van der Waals surface area contributed by atoms with E-state index in [0.717, 1.165) is 24.8 Å². The summed E-state index contributed by atoms with van der Waals surface area (Å²) in [6.07, 6.45) is 5.74. The van der Waals surface area contributed by atoms with Crippen LogP contribution in [-0.2, 0) is 23.7 Å². The van der Waals surface area contributed by atoms with Gasteiger partial charge in [-0.1, -0.05) is 18.6 Å². The van der Waals surface area contributed by atoms with Crippen molar-refractivity contribution in [2.75, 3.05) is 0 Å². The number of amides is 1. The van der Waals surface area contributed by atoms with Crippen molar-refractivity contribution in [3.63, 3.8) is 0 Å². The fourth-order valence-electron chi connectivity index (χ4n) is 4.66. The molecule has 3 aromatic rings. The third-order valence-corrected chi connectivity index (χ3v) is 7.57. The lowest BCUT2D eigenvalue weighted by Crippen LogP contribution is -2.59. The van der Waals surface area contributed by atoms with Crippen molar-refractivity contribution in [2.24, 2.45) is 7.05 Å². The van der Waals surface area contributed by atoms with Crippen LogP contribution in [0.5, 0.6) is 11.5 Å². The number of nitriles is 1. The number of rotatable bonds is 5. The molecule has 0 atom stereocenters. The molecule has 0 N–H and O–H groups in total. The van der Waals surface area contributed by atoms with Crippen molar-refractivity contribution < 1.29 is 22.1 Å². The summed E-state index contributed by atoms with van der Waals surface area (Å²) in [7, 11) is -2.51. The lowest BCUT2D eigenvalue weighted by Gasteiger charge is -2.49. The van der Waals surface area contributed by atoms with Gasteiger partial charge in [0.2, 0.25) is 5.03 Å². The number of benzene rings is 2. The van der Waals surface area contributed by atoms with Crippen LogP contribution in [0, 0.1) is 11.3 Å². The van der Waals surface area contributed by atoms with E-state index < -0.39 is 15.8 Å². The van der Waals surface area contributed by atoms with Crippen LogP contribution in [-0.4, -0.2) is 34.7 Å². The molecule has 35 heavy (non-hydrogen) atoms. The lowest BCUT2D eigenvalue weighted by atomic mass is 9.87. The average molecular weight is 493 g/mol. The van der Waals surface area contributed by atoms with Crippen LogP contribution in [0.3, 0.4) is 0 Å². The Morgan fingerprint density at radius 2 is 1.86 bits per heavy atom. The largest absolute Gasteiger partial charge is 0.467 e. The summed E-state index contributed by atoms with van der Waals surface area (Å²) in [5.74, 6) is 0.173. The number of carbonyl (C=O) groups is 1. The number of nitrogens with zero attached hydrogens (tertiary/aromatic N) is 4. The van der Waals surface area contributed by atoms with Crippen molar-refractivity contribution in [3.05, 3.63) is 71.4 Å². The van der Waals surface area contributed by atoms with E-state index in [9.17, 15) is 13.2 Å². The quantitative estimate of drug-likeness (QED) is 0.498. The van der Waals surface area contributed by atoms with Crippen LogP contribution in [0.1, 0.15) is 53.6 Å². The molecule has 1 aromatic heterocycles. The molecule has 1 amide bonds. The molecule has 0 unspecified atom stereocenters. The van der Waals surface area contributed by atoms with E-state index in [0.29, 0.717) is 36.3 Å². The Morgan fingerprint density at radius 3 is 2.51 bits per heavy atom. The molecule has 180 valence electrons. The van der Waals surface area contributed by atoms with Gasteiger partial charge < -0.3 is 8.92 Å². The molecule has 2 heterocycles. The second-order valence-corrected chi connectivity index (χ2v) is 10.3. The maximum absolute atomic E-state index is 13.7. The van der Waals surface area contributed by atoms with Gasteiger partial charge in [0.05, 0.1) is 17.2 Å². The monoisotopic (exact) mass is 492 g/mol. The molecule has 5 rings (SSSR count). The van der Waals surface area contributed by atoms with Gasteiger partial charge in [-0.05, 0) is 48.7 Å². The molecule has 1 aliphatic heterocycles. The zero-order valence-corrected chi connectivity index (χ0v) is 20.0. The van der Waals surface area contributed by atoms with E-state index in [1.165, 1.54) is 35.1 Å². The van der Waals surface area contributed by atoms with Crippen LogP contribution in [0.25, 0.3) is 0 Å². The highest BCUT2D eigenvalue weighted by atomic mass is 32.2. The van der Waals surface area contributed by atoms with Crippen LogP contribution in [0.2, 0.25) is 0 Å². The summed E-state index contributed by atoms with van der Waals surface area (Å²) in [4.78, 5) is 15.4. The van der Waals surface area contributed by atoms with E-state index in [1.807, 2.05) is 12.1 Å². The highest BCUT2D eigenvalue weighted by molar-refractivity contribution is 7.87. The zero-order valence-electron chi connectivity index (χ0n) is 19.2. The Balaban J connectivity index is 1.47. The minimum Gasteiger partial charge on any atom is -0.467 e. The Hall–Kier alpha value is -3.84. The molecule has 2 aromatic carbocycles. The molecule has 9 nitrogen and oxygen atoms in total. The molecule has 10 heteroatoms. The van der Waals surface area contributed by atoms with E-state index in [-0.39, 0.29) is 16.7 Å². The number of aromatic nitrogens is 2. The SMILES string of the molecule is Cn1ccc(S(=O)(=O)Oc2ccc3c(c2)OC2(CCCCC2)N(Cc2ccc(C#N)cc2)C3=O)n1. The Labute approximate surface area is 203 Å². The normalized spacial score (nSPS) is 16.9. The molecule has 1 aliphatic carbocycles. The molecule has 1 saturated carbocycles. The van der Waals surface area contributed by atoms with E-state index in [2.05, 4.69) is 11.2 Å². The molecule has 0 radical (unpaired) electrons. The van der Waals surface area contributed by atoms with Gasteiger partial charge in [0.1, 0.15) is 11.5 Å². The Bertz CT molecular complexity index is 1420. The summed E-state index contributed by atoms with van der Waals surface area (Å²) in [5, 5.41) is 12.8. The van der Waals surface area contributed by atoms with E-state index in [1.54, 1.807) is 24.1 Å². The highest BCUT2D eigenvalue weighted by Gasteiger charge is 2.47. The molecular weight excluding hydrogens is 468 g/mol. The molecule has 1 fully saturated rings. The zero-order chi connectivity index (χ0) is 24.6. The fourth-order valence-corrected chi connectivity index (χ4v) is 5.56. The van der Waals surface area contributed by atoms with Crippen molar-refractivity contribution >= 4 is 16.0 Å². The van der Waals surface area contributed by atoms with Gasteiger partial charge in [-0.2, -0.15) is 18.8 Å². The lowest BCUT2D eigenvalue weighted by molar-refractivity contribution is -0.103. The van der Waals surface area contributed by atoms with Gasteiger partial charge in [-0.3, -0.25) is 14.4 Å². The van der Waals surface area contributed by atoms with E-state index >= 15 is 0 Å². The van der Waals surface area contributed by atoms with Crippen molar-refractivity contribution in [2.45, 2.75) is 49.4 Å². The second kappa shape index (κ2) is 8.74. The van der Waals surface area contributed by atoms with Crippen LogP contribution >= 0.6 is 0 Å². The molecule has 0 bridgehead atoms. The van der Waals surface area contributed by atoms with Crippen molar-refractivity contribution in [1.82, 2.24) is 14.7 Å². The predicted molar refractivity (Wildman–Crippen MR) is 125 cm³/mol. The van der Waals surface area contributed by atoms with Gasteiger partial charge in [-0.25, -0.2) is 0 Å². The van der Waals surface area contributed by atoms with Gasteiger partial charge >= 0.3 is 10.1 Å². The summed E-state index contributed by atoms with van der Waals surface area (Å²) in [5.41, 5.74) is 0.975. The number of fused-ring (bicyclic) bond motifs is 1. The van der Waals surface area contributed by atoms with Gasteiger partial charge in [0.25, 0.3) is 5.91 Å². The average Bonchev–Trinajstić information content (AvgIpc) is 3.30. The first kappa shape index (κ1) is 22.9. The highest BCUT2D eigenvalue weighted by Crippen LogP contribution is 2.44. The molecular formula is C25H24N4O5S. The second-order valence-electron chi connectivity index (χ2n) is 8.83. The van der Waals surface area contributed by atoms with Gasteiger partial charge in [-0.15, -0.1) is 0 Å². The third kappa shape index (κ3) is 4.35. The number of carbonyl (C=O) groups excluding carboxylic acids is 1. The summed E-state index contributed by atoms with van der Waals surface area (Å²) < 4.78 is 38.4. The number of hydrogen-bond donors (Lipinski definition) is 0. The topological polar surface area (TPSA) is 115 Å². The summed E-state index contributed by atoms with van der Waals surface area (Å²) >= 11 is 0. The standard InChI is InChI=1S/C25H24N4O5S/c1-28-14-11-23(27-28)35(31,32)34-20-9-10-21-22(15-20)33-25(12-3-2-4-13-25)29(24(21)30)17-19-7-5-18(16-26)6-8-19/h5-11,14-15H,2-4,12-13,17H2,1H3. The number of ether oxygens (including phenoxy) is 1. The first-order valence-electron chi connectivity index (χ1n) is 11.4. The maximum Gasteiger partial charge on any atom is 0.358 e. The first-order valence-corrected chi connectivity index (χ1v) is 12.8. The van der Waals surface area contributed by atoms with Crippen LogP contribution in [0.4, 0.5) is 0 Å². The number of hydrogen-bond acceptors (Lipinski definition) is 7. The summed E-state index contributed by atoms with van der Waals surface area (Å²) in [6.45, 7) is 0.344. The molecule has 2 aliphatic rings. The van der Waals surface area contributed by atoms with Gasteiger partial charge in [0.15, 0.2) is 5.72 Å². The Kier molecular flexibility index (Phi) is 5.73. The smallest absolute Gasteiger partial charge is 0.358 e. The first-order chi connectivity index (χ1) is 16.8. The van der Waals surface area contributed by atoms with Gasteiger partial charge in [0, 0.05) is 38.7 Å². The van der Waals surface area contributed by atoms with Crippen LogP contribution in [0.15, 0.2) is 59.8 Å². The minimum atomic E-state index is -4.13. The fraction of sp³-hybridized carbons (Fsp3) is 0.320. The third-order valence-electron chi connectivity index (χ3n) is 6.43. The number of aryl methyl sites for hydroxylation is 1. The molecule has 0 saturated heterocycles. The Morgan fingerprint density at radius 1 is 1.11 bits per heavy atom. The van der Waals surface area contributed by atoms with Crippen LogP contribution < -0.4 is 8.92 Å². The predicted octanol–water partition coefficient (Wildman–Crippen LogP) is 3.75. The van der Waals surface area contributed by atoms with Crippen molar-refractivity contribution in [3.8, 4) is 17.6 Å². The summed E-state index contributed by atoms with van der Waals surface area (Å²) in [6, 6.07) is 15.0. The maximum atomic E-state index is 13.7. The minimum absolute atomic E-state index is 0.0497.